The van der Waals surface area contributed by atoms with Crippen LogP contribution in [0.25, 0.3) is 21.8 Å². The maximum Gasteiger partial charge on any atom is 2.00 e. The first-order valence-corrected chi connectivity index (χ1v) is 22.6. The molecule has 300 valence electrons. The summed E-state index contributed by atoms with van der Waals surface area (Å²) in [5.74, 6) is 0. The molecular weight excluding hydrogens is 866 g/mol. The van der Waals surface area contributed by atoms with Gasteiger partial charge in [-0.25, -0.2) is 0 Å². The quantitative estimate of drug-likeness (QED) is 0.0691. The topological polar surface area (TPSA) is 68.0 Å². The average molecular weight is 915 g/mol. The summed E-state index contributed by atoms with van der Waals surface area (Å²) >= 11 is 0. The Labute approximate surface area is 378 Å². The molecule has 0 saturated carbocycles. The summed E-state index contributed by atoms with van der Waals surface area (Å²) in [4.78, 5) is 0. The Kier molecular flexibility index (Phi) is 19.9. The summed E-state index contributed by atoms with van der Waals surface area (Å²) in [7, 11) is -1.75. The number of hydrogen-bond donors (Lipinski definition) is 0. The molecular formula is C54H48MoN2O2P2+2. The zero-order valence-electron chi connectivity index (χ0n) is 34.7. The van der Waals surface area contributed by atoms with Crippen LogP contribution in [0.5, 0.6) is 0 Å². The number of benzene rings is 7. The number of fused-ring (bicyclic) bond motifs is 3. The molecule has 0 bridgehead atoms. The summed E-state index contributed by atoms with van der Waals surface area (Å²) < 4.78 is 15.0. The van der Waals surface area contributed by atoms with Crippen molar-refractivity contribution in [3.63, 3.8) is 0 Å². The van der Waals surface area contributed by atoms with Crippen LogP contribution >= 0.6 is 15.8 Å². The number of rotatable bonds is 6. The molecule has 0 unspecified atom stereocenters. The Morgan fingerprint density at radius 1 is 0.328 bits per heavy atom. The third-order valence-electron chi connectivity index (χ3n) is 10.3. The van der Waals surface area contributed by atoms with E-state index in [0.717, 1.165) is 11.4 Å². The normalized spacial score (nSPS) is 11.7. The Morgan fingerprint density at radius 2 is 0.525 bits per heavy atom. The first-order valence-electron chi connectivity index (χ1n) is 19.6. The number of allylic oxidation sites excluding steroid dienone is 2. The Hall–Kier alpha value is -5.61. The molecule has 0 spiro atoms. The predicted molar refractivity (Wildman–Crippen MR) is 258 cm³/mol. The molecule has 2 heterocycles. The first kappa shape index (κ1) is 48.1. The molecule has 2 aliphatic rings. The second-order valence-corrected chi connectivity index (χ2v) is 18.9. The van der Waals surface area contributed by atoms with E-state index in [4.69, 9.17) is 9.30 Å². The Balaban J connectivity index is 0.000000192. The van der Waals surface area contributed by atoms with Gasteiger partial charge >= 0.3 is 43.7 Å². The second-order valence-electron chi connectivity index (χ2n) is 13.9. The van der Waals surface area contributed by atoms with Crippen LogP contribution in [0, 0.1) is 13.3 Å². The molecule has 7 aromatic carbocycles. The molecule has 0 fully saturated rings. The van der Waals surface area contributed by atoms with E-state index in [9.17, 15) is 0 Å². The van der Waals surface area contributed by atoms with Gasteiger partial charge in [0.1, 0.15) is 31.8 Å². The fourth-order valence-corrected chi connectivity index (χ4v) is 12.2. The van der Waals surface area contributed by atoms with Crippen LogP contribution in [-0.4, -0.2) is 0 Å². The van der Waals surface area contributed by atoms with Gasteiger partial charge in [-0.2, -0.15) is 12.4 Å². The Bertz CT molecular complexity index is 2280. The van der Waals surface area contributed by atoms with Crippen molar-refractivity contribution in [3.8, 4) is 0 Å². The maximum atomic E-state index is 7.50. The van der Waals surface area contributed by atoms with Crippen molar-refractivity contribution in [1.82, 2.24) is 0 Å². The van der Waals surface area contributed by atoms with Crippen LogP contribution in [0.1, 0.15) is 27.7 Å². The second kappa shape index (κ2) is 25.2. The predicted octanol–water partition coefficient (Wildman–Crippen LogP) is 10.1. The zero-order valence-corrected chi connectivity index (χ0v) is 38.8. The van der Waals surface area contributed by atoms with E-state index >= 15 is 0 Å². The van der Waals surface area contributed by atoms with Crippen molar-refractivity contribution in [1.29, 1.82) is 0 Å². The van der Waals surface area contributed by atoms with Crippen molar-refractivity contribution in [2.45, 2.75) is 27.7 Å². The SMILES string of the molecule is CC1=C[N-]c2c3c(ccc2=C1C)=C(C)C(C)=C[N-]3.[C-]#[O+].[C-]#[O+].[Mo+2].c1ccc([PH+](c2ccccc2)c2ccccc2)cc1.c1ccc([PH+](c2ccccc2)c2ccccc2)cc1. The summed E-state index contributed by atoms with van der Waals surface area (Å²) in [5, 5.41) is 20.2. The third kappa shape index (κ3) is 12.5. The van der Waals surface area contributed by atoms with Gasteiger partial charge in [-0.3, -0.25) is 0 Å². The minimum absolute atomic E-state index is 0. The monoisotopic (exact) mass is 916 g/mol. The van der Waals surface area contributed by atoms with Gasteiger partial charge in [0.15, 0.2) is 0 Å². The van der Waals surface area contributed by atoms with E-state index in [2.05, 4.69) is 246 Å². The van der Waals surface area contributed by atoms with Crippen LogP contribution in [0.2, 0.25) is 0 Å². The number of nitrogens with zero attached hydrogens (tertiary/aromatic N) is 2. The molecule has 0 aliphatic carbocycles. The summed E-state index contributed by atoms with van der Waals surface area (Å²) in [6.45, 7) is 17.5. The molecule has 0 amide bonds. The van der Waals surface area contributed by atoms with Crippen molar-refractivity contribution in [2.75, 3.05) is 0 Å². The molecule has 7 heteroatoms. The van der Waals surface area contributed by atoms with Crippen molar-refractivity contribution < 1.29 is 30.4 Å². The molecule has 4 nitrogen and oxygen atoms in total. The van der Waals surface area contributed by atoms with Crippen molar-refractivity contribution >= 4 is 70.2 Å². The van der Waals surface area contributed by atoms with Gasteiger partial charge in [-0.15, -0.1) is 11.4 Å². The van der Waals surface area contributed by atoms with E-state index in [0.29, 0.717) is 0 Å². The summed E-state index contributed by atoms with van der Waals surface area (Å²) in [5.41, 5.74) is 7.07. The molecule has 2 aliphatic heterocycles. The zero-order chi connectivity index (χ0) is 42.7. The molecule has 0 radical (unpaired) electrons. The minimum atomic E-state index is -0.877. The van der Waals surface area contributed by atoms with E-state index in [1.54, 1.807) is 0 Å². The smallest absolute Gasteiger partial charge is 0.0620 e. The standard InChI is InChI=1S/2C18H15P.C16H16N2.2CO.Mo/c2*1-4-10-16(11-5-1)19(17-12-6-2-7-13-17)18-14-8-3-9-15-18;1-9-7-17-15-13(11(9)3)5-6-14-12(4)10(2)8-18-16(14)15;2*1-2;/h2*1-15H;5-8H,1-4H3;;;/q;;-2;;;+2/p+2. The van der Waals surface area contributed by atoms with Gasteiger partial charge in [0.05, 0.1) is 15.8 Å². The van der Waals surface area contributed by atoms with Gasteiger partial charge in [0.25, 0.3) is 0 Å². The van der Waals surface area contributed by atoms with E-state index in [-0.39, 0.29) is 21.1 Å². The van der Waals surface area contributed by atoms with E-state index < -0.39 is 15.8 Å². The van der Waals surface area contributed by atoms with Gasteiger partial charge in [-0.1, -0.05) is 132 Å². The molecule has 0 N–H and O–H groups in total. The fourth-order valence-electron chi connectivity index (χ4n) is 7.02. The largest absolute Gasteiger partial charge is 2.00 e. The summed E-state index contributed by atoms with van der Waals surface area (Å²) in [6.07, 6.45) is 3.88. The van der Waals surface area contributed by atoms with Crippen LogP contribution in [0.3, 0.4) is 0 Å². The molecule has 7 aromatic rings. The minimum Gasteiger partial charge on any atom is -0.0620 e. The average Bonchev–Trinajstić information content (AvgIpc) is 3.33. The van der Waals surface area contributed by atoms with E-state index in [1.165, 1.54) is 64.6 Å². The van der Waals surface area contributed by atoms with Gasteiger partial charge in [0, 0.05) is 0 Å². The van der Waals surface area contributed by atoms with Crippen LogP contribution in [0.15, 0.2) is 218 Å². The van der Waals surface area contributed by atoms with Crippen molar-refractivity contribution in [3.05, 3.63) is 252 Å². The third-order valence-corrected chi connectivity index (χ3v) is 15.8. The maximum absolute atomic E-state index is 7.50. The first-order chi connectivity index (χ1) is 29.5. The van der Waals surface area contributed by atoms with Crippen LogP contribution < -0.4 is 42.3 Å². The van der Waals surface area contributed by atoms with Gasteiger partial charge < -0.3 is 10.6 Å². The van der Waals surface area contributed by atoms with Gasteiger partial charge in [0.2, 0.25) is 0 Å². The molecule has 61 heavy (non-hydrogen) atoms. The van der Waals surface area contributed by atoms with Crippen molar-refractivity contribution in [2.24, 2.45) is 0 Å². The molecule has 0 saturated heterocycles. The van der Waals surface area contributed by atoms with Crippen LogP contribution in [0.4, 0.5) is 11.4 Å². The van der Waals surface area contributed by atoms with Gasteiger partial charge in [-0.05, 0) is 122 Å². The molecule has 9 rings (SSSR count). The Morgan fingerprint density at radius 3 is 0.721 bits per heavy atom. The molecule has 0 atom stereocenters. The number of hydrogen-bond acceptors (Lipinski definition) is 0. The molecule has 0 aromatic heterocycles. The summed E-state index contributed by atoms with van der Waals surface area (Å²) in [6, 6.07) is 69.3. The fraction of sp³-hybridized carbons (Fsp3) is 0.0741. The van der Waals surface area contributed by atoms with Crippen LogP contribution in [-0.2, 0) is 30.4 Å². The van der Waals surface area contributed by atoms with E-state index in [1.807, 2.05) is 12.4 Å².